The molecule has 1 unspecified atom stereocenters. The smallest absolute Gasteiger partial charge is 0.253 e. The van der Waals surface area contributed by atoms with Crippen molar-refractivity contribution in [2.75, 3.05) is 0 Å². The summed E-state index contributed by atoms with van der Waals surface area (Å²) in [6, 6.07) is 6.43. The second-order valence-electron chi connectivity index (χ2n) is 10.9. The molecule has 1 aliphatic heterocycles. The standard InChI is InChI=1S/C36H42N4O/c1-4-6-9-17-35-34(36(41)40(27(3)39-35)26-30-20-21-33(5-2)38-25-30)23-29-14-12-13-28(18-19-29)22-31-15-10-7-8-11-16-32(31)24-37/h7-8,11,13-15,18-21,25,27,39H,4-6,9-10,12,17,22-23,26H2,1-3H3/b8-7-,31-15-. The van der Waals surface area contributed by atoms with E-state index in [1.54, 1.807) is 0 Å². The van der Waals surface area contributed by atoms with Gasteiger partial charge < -0.3 is 10.2 Å². The van der Waals surface area contributed by atoms with E-state index in [2.05, 4.69) is 91.5 Å². The van der Waals surface area contributed by atoms with E-state index in [1.165, 1.54) is 5.57 Å². The number of aromatic nitrogens is 1. The number of rotatable bonds is 11. The maximum atomic E-state index is 14.0. The molecule has 1 N–H and O–H groups in total. The van der Waals surface area contributed by atoms with Crippen LogP contribution in [-0.2, 0) is 17.8 Å². The number of nitrogens with one attached hydrogen (secondary N) is 1. The largest absolute Gasteiger partial charge is 0.368 e. The van der Waals surface area contributed by atoms with Gasteiger partial charge in [-0.2, -0.15) is 5.26 Å². The first-order chi connectivity index (χ1) is 20.0. The number of pyridine rings is 1. The molecule has 1 aromatic heterocycles. The van der Waals surface area contributed by atoms with Gasteiger partial charge in [-0.3, -0.25) is 9.78 Å². The monoisotopic (exact) mass is 546 g/mol. The summed E-state index contributed by atoms with van der Waals surface area (Å²) < 4.78 is 0. The van der Waals surface area contributed by atoms with E-state index in [0.29, 0.717) is 25.0 Å². The first-order valence-corrected chi connectivity index (χ1v) is 15.0. The van der Waals surface area contributed by atoms with E-state index in [4.69, 9.17) is 0 Å². The second kappa shape index (κ2) is 15.0. The highest BCUT2D eigenvalue weighted by atomic mass is 16.2. The van der Waals surface area contributed by atoms with Crippen LogP contribution in [0.1, 0.15) is 83.4 Å². The second-order valence-corrected chi connectivity index (χ2v) is 10.9. The third-order valence-electron chi connectivity index (χ3n) is 7.81. The highest BCUT2D eigenvalue weighted by Gasteiger charge is 2.31. The molecule has 0 aromatic carbocycles. The van der Waals surface area contributed by atoms with Gasteiger partial charge in [-0.15, -0.1) is 5.73 Å². The van der Waals surface area contributed by atoms with E-state index in [1.807, 2.05) is 23.2 Å². The third-order valence-corrected chi connectivity index (χ3v) is 7.81. The molecule has 1 amide bonds. The first kappa shape index (κ1) is 29.8. The fourth-order valence-electron chi connectivity index (χ4n) is 5.36. The molecule has 1 aromatic rings. The number of hydrogen-bond acceptors (Lipinski definition) is 4. The van der Waals surface area contributed by atoms with E-state index in [9.17, 15) is 10.1 Å². The Morgan fingerprint density at radius 3 is 2.61 bits per heavy atom. The maximum absolute atomic E-state index is 14.0. The number of nitriles is 1. The SMILES string of the molecule is CCCCCC1=C(CC2=CCC=C(C/C3=C/C/C=C\C=C=C3C#N)C=C2)C(=O)N(Cc2ccc(CC)nc2)C(C)N1. The van der Waals surface area contributed by atoms with Crippen molar-refractivity contribution in [3.05, 3.63) is 117 Å². The van der Waals surface area contributed by atoms with Crippen molar-refractivity contribution in [2.24, 2.45) is 0 Å². The van der Waals surface area contributed by atoms with Crippen molar-refractivity contribution in [3.63, 3.8) is 0 Å². The van der Waals surface area contributed by atoms with Gasteiger partial charge in [-0.25, -0.2) is 0 Å². The van der Waals surface area contributed by atoms with Gasteiger partial charge in [0.1, 0.15) is 6.07 Å². The Labute approximate surface area is 245 Å². The molecule has 0 spiro atoms. The molecule has 0 saturated carbocycles. The molecule has 5 nitrogen and oxygen atoms in total. The molecule has 4 rings (SSSR count). The average Bonchev–Trinajstić information content (AvgIpc) is 3.20. The van der Waals surface area contributed by atoms with Crippen LogP contribution in [0.3, 0.4) is 0 Å². The maximum Gasteiger partial charge on any atom is 0.253 e. The summed E-state index contributed by atoms with van der Waals surface area (Å²) in [5.41, 5.74) is 11.1. The fraction of sp³-hybridized carbons (Fsp3) is 0.389. The molecule has 1 atom stereocenters. The van der Waals surface area contributed by atoms with Crippen molar-refractivity contribution in [3.8, 4) is 6.07 Å². The third kappa shape index (κ3) is 8.19. The Morgan fingerprint density at radius 1 is 1.10 bits per heavy atom. The number of amides is 1. The average molecular weight is 547 g/mol. The van der Waals surface area contributed by atoms with Crippen LogP contribution < -0.4 is 5.32 Å². The van der Waals surface area contributed by atoms with Gasteiger partial charge in [0.15, 0.2) is 0 Å². The molecule has 0 radical (unpaired) electrons. The van der Waals surface area contributed by atoms with Gasteiger partial charge in [0, 0.05) is 36.1 Å². The van der Waals surface area contributed by atoms with E-state index >= 15 is 0 Å². The zero-order chi connectivity index (χ0) is 29.0. The normalized spacial score (nSPS) is 21.0. The van der Waals surface area contributed by atoms with Gasteiger partial charge in [-0.1, -0.05) is 75.3 Å². The lowest BCUT2D eigenvalue weighted by Crippen LogP contribution is -2.51. The summed E-state index contributed by atoms with van der Waals surface area (Å²) in [6.45, 7) is 6.91. The molecule has 5 heteroatoms. The zero-order valence-electron chi connectivity index (χ0n) is 24.7. The van der Waals surface area contributed by atoms with Gasteiger partial charge in [0.25, 0.3) is 5.91 Å². The lowest BCUT2D eigenvalue weighted by atomic mass is 9.95. The Bertz CT molecular complexity index is 1400. The van der Waals surface area contributed by atoms with E-state index in [-0.39, 0.29) is 12.1 Å². The van der Waals surface area contributed by atoms with Crippen LogP contribution in [0.5, 0.6) is 0 Å². The van der Waals surface area contributed by atoms with Crippen molar-refractivity contribution < 1.29 is 4.79 Å². The number of unbranched alkanes of at least 4 members (excludes halogenated alkanes) is 2. The minimum Gasteiger partial charge on any atom is -0.368 e. The minimum absolute atomic E-state index is 0.0796. The Morgan fingerprint density at radius 2 is 1.90 bits per heavy atom. The summed E-state index contributed by atoms with van der Waals surface area (Å²) in [6.07, 6.45) is 26.5. The summed E-state index contributed by atoms with van der Waals surface area (Å²) in [7, 11) is 0. The van der Waals surface area contributed by atoms with Crippen LogP contribution in [0.25, 0.3) is 0 Å². The molecule has 2 heterocycles. The summed E-state index contributed by atoms with van der Waals surface area (Å²) in [5.74, 6) is 0.109. The molecule has 2 aliphatic carbocycles. The quantitative estimate of drug-likeness (QED) is 0.227. The Kier molecular flexibility index (Phi) is 10.9. The van der Waals surface area contributed by atoms with Crippen molar-refractivity contribution >= 4 is 5.91 Å². The van der Waals surface area contributed by atoms with Crippen LogP contribution in [-0.4, -0.2) is 22.0 Å². The predicted octanol–water partition coefficient (Wildman–Crippen LogP) is 7.84. The summed E-state index contributed by atoms with van der Waals surface area (Å²) >= 11 is 0. The van der Waals surface area contributed by atoms with Gasteiger partial charge in [0.05, 0.1) is 11.7 Å². The van der Waals surface area contributed by atoms with Gasteiger partial charge in [0.2, 0.25) is 0 Å². The Hall–Kier alpha value is -4.13. The number of carbonyl (C=O) groups excluding carboxylic acids is 1. The topological polar surface area (TPSA) is 69.0 Å². The number of hydrogen-bond donors (Lipinski definition) is 1. The Balaban J connectivity index is 1.51. The molecule has 0 bridgehead atoms. The molecule has 3 aliphatic rings. The van der Waals surface area contributed by atoms with Crippen molar-refractivity contribution in [1.82, 2.24) is 15.2 Å². The lowest BCUT2D eigenvalue weighted by molar-refractivity contribution is -0.131. The lowest BCUT2D eigenvalue weighted by Gasteiger charge is -2.38. The van der Waals surface area contributed by atoms with Crippen LogP contribution in [0.2, 0.25) is 0 Å². The van der Waals surface area contributed by atoms with Crippen molar-refractivity contribution in [2.45, 2.75) is 91.3 Å². The zero-order valence-corrected chi connectivity index (χ0v) is 24.7. The highest BCUT2D eigenvalue weighted by Crippen LogP contribution is 2.30. The number of allylic oxidation sites excluding steroid dienone is 12. The molecular formula is C36H42N4O. The van der Waals surface area contributed by atoms with E-state index in [0.717, 1.165) is 78.6 Å². The summed E-state index contributed by atoms with van der Waals surface area (Å²) in [5, 5.41) is 13.3. The van der Waals surface area contributed by atoms with Gasteiger partial charge >= 0.3 is 0 Å². The summed E-state index contributed by atoms with van der Waals surface area (Å²) in [4.78, 5) is 20.5. The van der Waals surface area contributed by atoms with E-state index < -0.39 is 0 Å². The molecular weight excluding hydrogens is 504 g/mol. The minimum atomic E-state index is -0.0796. The van der Waals surface area contributed by atoms with Crippen LogP contribution in [0.4, 0.5) is 0 Å². The van der Waals surface area contributed by atoms with Crippen LogP contribution in [0, 0.1) is 11.3 Å². The van der Waals surface area contributed by atoms with Gasteiger partial charge in [-0.05, 0) is 79.9 Å². The molecule has 0 fully saturated rings. The van der Waals surface area contributed by atoms with Crippen LogP contribution >= 0.6 is 0 Å². The first-order valence-electron chi connectivity index (χ1n) is 15.0. The van der Waals surface area contributed by atoms with Crippen LogP contribution in [0.15, 0.2) is 106 Å². The van der Waals surface area contributed by atoms with Crippen molar-refractivity contribution in [1.29, 1.82) is 5.26 Å². The number of carbonyl (C=O) groups is 1. The number of nitrogens with zero attached hydrogens (tertiary/aromatic N) is 3. The molecule has 0 saturated heterocycles. The number of aryl methyl sites for hydroxylation is 1. The molecule has 212 valence electrons. The highest BCUT2D eigenvalue weighted by molar-refractivity contribution is 5.95. The predicted molar refractivity (Wildman–Crippen MR) is 166 cm³/mol. The molecule has 41 heavy (non-hydrogen) atoms. The fourth-order valence-corrected chi connectivity index (χ4v) is 5.36.